The smallest absolute Gasteiger partial charge is 0.170 e. The maximum absolute atomic E-state index is 12.5. The molecule has 0 amide bonds. The monoisotopic (exact) mass is 286 g/mol. The van der Waals surface area contributed by atoms with Crippen LogP contribution in [0.3, 0.4) is 0 Å². The van der Waals surface area contributed by atoms with E-state index in [2.05, 4.69) is 13.8 Å². The number of ether oxygens (including phenoxy) is 2. The number of rotatable bonds is 0. The Balaban J connectivity index is 1.80. The molecule has 0 atom stereocenters. The molecule has 0 bridgehead atoms. The second-order valence-corrected chi connectivity index (χ2v) is 7.37. The van der Waals surface area contributed by atoms with Gasteiger partial charge >= 0.3 is 0 Å². The SMILES string of the molecule is CC1(C)CCc2c(ccc3c2OC2(CCCC2)CC3=O)O1. The standard InChI is InChI=1S/C18H22O3/c1-17(2)10-7-13-15(20-17)6-5-12-14(19)11-18(21-16(12)13)8-3-4-9-18/h5-6H,3-4,7-11H2,1-2H3. The predicted octanol–water partition coefficient (Wildman–Crippen LogP) is 4.07. The van der Waals surface area contributed by atoms with Crippen molar-refractivity contribution in [3.63, 3.8) is 0 Å². The normalized spacial score (nSPS) is 25.0. The summed E-state index contributed by atoms with van der Waals surface area (Å²) >= 11 is 0. The van der Waals surface area contributed by atoms with Crippen LogP contribution in [-0.2, 0) is 6.42 Å². The van der Waals surface area contributed by atoms with Crippen molar-refractivity contribution in [2.75, 3.05) is 0 Å². The van der Waals surface area contributed by atoms with Crippen LogP contribution < -0.4 is 9.47 Å². The highest BCUT2D eigenvalue weighted by Gasteiger charge is 2.44. The molecular formula is C18H22O3. The van der Waals surface area contributed by atoms with Crippen molar-refractivity contribution < 1.29 is 14.3 Å². The van der Waals surface area contributed by atoms with Crippen LogP contribution in [0.2, 0.25) is 0 Å². The fourth-order valence-electron chi connectivity index (χ4n) is 3.99. The van der Waals surface area contributed by atoms with Crippen LogP contribution in [-0.4, -0.2) is 17.0 Å². The fraction of sp³-hybridized carbons (Fsp3) is 0.611. The zero-order valence-corrected chi connectivity index (χ0v) is 12.8. The van der Waals surface area contributed by atoms with E-state index in [-0.39, 0.29) is 17.0 Å². The molecule has 1 aromatic rings. The van der Waals surface area contributed by atoms with Gasteiger partial charge in [0.25, 0.3) is 0 Å². The molecule has 2 aliphatic heterocycles. The van der Waals surface area contributed by atoms with E-state index >= 15 is 0 Å². The lowest BCUT2D eigenvalue weighted by atomic mass is 9.85. The summed E-state index contributed by atoms with van der Waals surface area (Å²) in [5, 5.41) is 0. The molecule has 0 saturated heterocycles. The van der Waals surface area contributed by atoms with Crippen LogP contribution in [0.25, 0.3) is 0 Å². The molecule has 1 aromatic carbocycles. The van der Waals surface area contributed by atoms with Crippen LogP contribution in [0.1, 0.15) is 68.3 Å². The average molecular weight is 286 g/mol. The van der Waals surface area contributed by atoms with Gasteiger partial charge in [0, 0.05) is 5.56 Å². The number of carbonyl (C=O) groups excluding carboxylic acids is 1. The van der Waals surface area contributed by atoms with Gasteiger partial charge in [0.1, 0.15) is 22.7 Å². The van der Waals surface area contributed by atoms with Gasteiger partial charge in [-0.25, -0.2) is 0 Å². The Morgan fingerprint density at radius 2 is 1.81 bits per heavy atom. The Labute approximate surface area is 125 Å². The molecule has 0 unspecified atom stereocenters. The van der Waals surface area contributed by atoms with Crippen molar-refractivity contribution >= 4 is 5.78 Å². The summed E-state index contributed by atoms with van der Waals surface area (Å²) < 4.78 is 12.5. The summed E-state index contributed by atoms with van der Waals surface area (Å²) in [7, 11) is 0. The summed E-state index contributed by atoms with van der Waals surface area (Å²) in [5.41, 5.74) is 1.50. The highest BCUT2D eigenvalue weighted by Crippen LogP contribution is 2.48. The lowest BCUT2D eigenvalue weighted by Gasteiger charge is -2.39. The Bertz CT molecular complexity index is 609. The number of benzene rings is 1. The molecule has 3 heteroatoms. The van der Waals surface area contributed by atoms with Crippen molar-refractivity contribution in [3.05, 3.63) is 23.3 Å². The van der Waals surface area contributed by atoms with E-state index in [9.17, 15) is 4.79 Å². The topological polar surface area (TPSA) is 35.5 Å². The molecule has 0 aromatic heterocycles. The van der Waals surface area contributed by atoms with Gasteiger partial charge in [0.2, 0.25) is 0 Å². The Morgan fingerprint density at radius 3 is 2.57 bits per heavy atom. The molecule has 4 rings (SSSR count). The van der Waals surface area contributed by atoms with Crippen molar-refractivity contribution in [1.82, 2.24) is 0 Å². The van der Waals surface area contributed by atoms with Gasteiger partial charge in [-0.3, -0.25) is 4.79 Å². The fourth-order valence-corrected chi connectivity index (χ4v) is 3.99. The molecule has 0 N–H and O–H groups in total. The average Bonchev–Trinajstić information content (AvgIpc) is 2.84. The molecule has 1 saturated carbocycles. The summed E-state index contributed by atoms with van der Waals surface area (Å²) in [6.07, 6.45) is 6.78. The van der Waals surface area contributed by atoms with E-state index in [0.29, 0.717) is 6.42 Å². The van der Waals surface area contributed by atoms with E-state index in [1.54, 1.807) is 0 Å². The summed E-state index contributed by atoms with van der Waals surface area (Å²) in [5.74, 6) is 1.96. The van der Waals surface area contributed by atoms with Gasteiger partial charge in [0.05, 0.1) is 12.0 Å². The highest BCUT2D eigenvalue weighted by molar-refractivity contribution is 6.01. The first-order valence-electron chi connectivity index (χ1n) is 8.05. The van der Waals surface area contributed by atoms with E-state index < -0.39 is 0 Å². The minimum atomic E-state index is -0.230. The molecule has 3 nitrogen and oxygen atoms in total. The minimum absolute atomic E-state index is 0.134. The third-order valence-corrected chi connectivity index (χ3v) is 5.20. The van der Waals surface area contributed by atoms with Gasteiger partial charge in [-0.2, -0.15) is 0 Å². The number of fused-ring (bicyclic) bond motifs is 3. The zero-order chi connectivity index (χ0) is 14.7. The van der Waals surface area contributed by atoms with Crippen LogP contribution in [0.15, 0.2) is 12.1 Å². The van der Waals surface area contributed by atoms with Gasteiger partial charge in [-0.1, -0.05) is 0 Å². The molecule has 1 spiro atoms. The van der Waals surface area contributed by atoms with Gasteiger partial charge in [0.15, 0.2) is 5.78 Å². The molecule has 1 fully saturated rings. The summed E-state index contributed by atoms with van der Waals surface area (Å²) in [4.78, 5) is 12.5. The number of hydrogen-bond acceptors (Lipinski definition) is 3. The van der Waals surface area contributed by atoms with E-state index in [4.69, 9.17) is 9.47 Å². The first-order chi connectivity index (χ1) is 9.98. The minimum Gasteiger partial charge on any atom is -0.487 e. The lowest BCUT2D eigenvalue weighted by molar-refractivity contribution is 0.0406. The highest BCUT2D eigenvalue weighted by atomic mass is 16.5. The van der Waals surface area contributed by atoms with Crippen LogP contribution in [0, 0.1) is 0 Å². The Hall–Kier alpha value is -1.51. The number of Topliss-reactive ketones (excluding diaryl/α,β-unsaturated/α-hetero) is 1. The van der Waals surface area contributed by atoms with Gasteiger partial charge < -0.3 is 9.47 Å². The first kappa shape index (κ1) is 13.2. The van der Waals surface area contributed by atoms with E-state index in [0.717, 1.165) is 48.3 Å². The van der Waals surface area contributed by atoms with Gasteiger partial charge in [-0.05, 0) is 64.5 Å². The quantitative estimate of drug-likeness (QED) is 0.721. The summed E-state index contributed by atoms with van der Waals surface area (Å²) in [6, 6.07) is 3.84. The number of carbonyl (C=O) groups is 1. The molecule has 21 heavy (non-hydrogen) atoms. The van der Waals surface area contributed by atoms with Crippen LogP contribution >= 0.6 is 0 Å². The molecule has 3 aliphatic rings. The Morgan fingerprint density at radius 1 is 1.05 bits per heavy atom. The second kappa shape index (κ2) is 4.25. The Kier molecular flexibility index (Phi) is 2.66. The van der Waals surface area contributed by atoms with Crippen molar-refractivity contribution in [1.29, 1.82) is 0 Å². The maximum Gasteiger partial charge on any atom is 0.170 e. The van der Waals surface area contributed by atoms with Crippen LogP contribution in [0.4, 0.5) is 0 Å². The van der Waals surface area contributed by atoms with Crippen molar-refractivity contribution in [2.45, 2.75) is 70.0 Å². The van der Waals surface area contributed by atoms with Crippen molar-refractivity contribution in [3.8, 4) is 11.5 Å². The zero-order valence-electron chi connectivity index (χ0n) is 12.8. The number of ketones is 1. The lowest BCUT2D eigenvalue weighted by Crippen LogP contribution is -2.40. The maximum atomic E-state index is 12.5. The second-order valence-electron chi connectivity index (χ2n) is 7.37. The van der Waals surface area contributed by atoms with Crippen molar-refractivity contribution in [2.24, 2.45) is 0 Å². The molecular weight excluding hydrogens is 264 g/mol. The molecule has 0 radical (unpaired) electrons. The third kappa shape index (κ3) is 2.05. The largest absolute Gasteiger partial charge is 0.487 e. The predicted molar refractivity (Wildman–Crippen MR) is 80.2 cm³/mol. The molecule has 2 heterocycles. The van der Waals surface area contributed by atoms with E-state index in [1.807, 2.05) is 12.1 Å². The number of hydrogen-bond donors (Lipinski definition) is 0. The van der Waals surface area contributed by atoms with Crippen LogP contribution in [0.5, 0.6) is 11.5 Å². The van der Waals surface area contributed by atoms with Gasteiger partial charge in [-0.15, -0.1) is 0 Å². The van der Waals surface area contributed by atoms with E-state index in [1.165, 1.54) is 12.8 Å². The molecule has 112 valence electrons. The molecule has 1 aliphatic carbocycles. The first-order valence-corrected chi connectivity index (χ1v) is 8.05. The third-order valence-electron chi connectivity index (χ3n) is 5.20. The summed E-state index contributed by atoms with van der Waals surface area (Å²) in [6.45, 7) is 4.22.